The normalized spacial score (nSPS) is 29.9. The number of oxime groups is 1. The number of amides is 3. The van der Waals surface area contributed by atoms with Gasteiger partial charge in [0.05, 0.1) is 17.1 Å². The molecular weight excluding hydrogens is 632 g/mol. The van der Waals surface area contributed by atoms with Crippen LogP contribution in [0.4, 0.5) is 0 Å². The van der Waals surface area contributed by atoms with Crippen molar-refractivity contribution < 1.29 is 32.4 Å². The number of fused-ring (bicyclic) bond motifs is 6. The van der Waals surface area contributed by atoms with E-state index < -0.39 is 56.5 Å². The first kappa shape index (κ1) is 32.1. The van der Waals surface area contributed by atoms with Crippen molar-refractivity contribution in [3.05, 3.63) is 78.4 Å². The number of carbonyl (C=O) groups excluding carboxylic acids is 3. The van der Waals surface area contributed by atoms with Gasteiger partial charge in [0.2, 0.25) is 21.8 Å². The number of hydrogen-bond acceptors (Lipinski definition) is 8. The van der Waals surface area contributed by atoms with Crippen LogP contribution in [0.1, 0.15) is 56.1 Å². The average Bonchev–Trinajstić information content (AvgIpc) is 3.99. The summed E-state index contributed by atoms with van der Waals surface area (Å²) in [6, 6.07) is 13.9. The molecule has 3 fully saturated rings. The molecule has 2 aromatic carbocycles. The van der Waals surface area contributed by atoms with Crippen LogP contribution in [0.3, 0.4) is 0 Å². The van der Waals surface area contributed by atoms with Crippen LogP contribution >= 0.6 is 0 Å². The number of allylic oxidation sites excluding steroid dienone is 1. The summed E-state index contributed by atoms with van der Waals surface area (Å²) in [5, 5.41) is 6.91. The van der Waals surface area contributed by atoms with E-state index in [-0.39, 0.29) is 25.2 Å². The number of carbonyl (C=O) groups is 3. The molecule has 4 aliphatic carbocycles. The Morgan fingerprint density at radius 1 is 1.06 bits per heavy atom. The number of nitrogens with one attached hydrogen (secondary N) is 2. The Hall–Kier alpha value is -4.45. The van der Waals surface area contributed by atoms with Gasteiger partial charge in [-0.15, -0.1) is 6.58 Å². The predicted octanol–water partition coefficient (Wildman–Crippen LogP) is 3.69. The van der Waals surface area contributed by atoms with Gasteiger partial charge in [0.15, 0.2) is 0 Å². The molecule has 0 unspecified atom stereocenters. The van der Waals surface area contributed by atoms with Crippen molar-refractivity contribution >= 4 is 33.5 Å². The summed E-state index contributed by atoms with van der Waals surface area (Å²) in [6.45, 7) is 4.68. The van der Waals surface area contributed by atoms with E-state index in [0.717, 1.165) is 35.1 Å². The number of hydrogen-bond donors (Lipinski definition) is 2. The minimum atomic E-state index is -3.82. The van der Waals surface area contributed by atoms with Crippen LogP contribution in [0.25, 0.3) is 11.1 Å². The van der Waals surface area contributed by atoms with Gasteiger partial charge in [0, 0.05) is 30.6 Å². The van der Waals surface area contributed by atoms with Crippen molar-refractivity contribution in [2.75, 3.05) is 20.2 Å². The maximum atomic E-state index is 14.0. The number of ether oxygens (including phenoxy) is 1. The summed E-state index contributed by atoms with van der Waals surface area (Å²) in [5.41, 5.74) is 3.04. The molecule has 0 radical (unpaired) electrons. The zero-order valence-corrected chi connectivity index (χ0v) is 27.7. The fraction of sp³-hybridized carbons (Fsp3) is 0.444. The van der Waals surface area contributed by atoms with Crippen molar-refractivity contribution in [2.24, 2.45) is 22.9 Å². The van der Waals surface area contributed by atoms with Crippen molar-refractivity contribution in [3.8, 4) is 16.9 Å². The molecule has 12 heteroatoms. The number of sulfonamides is 1. The molecule has 4 bridgehead atoms. The van der Waals surface area contributed by atoms with E-state index in [4.69, 9.17) is 9.57 Å². The van der Waals surface area contributed by atoms with Crippen LogP contribution in [0.5, 0.6) is 5.75 Å². The largest absolute Gasteiger partial charge is 0.490 e. The topological polar surface area (TPSA) is 143 Å². The van der Waals surface area contributed by atoms with Gasteiger partial charge in [-0.25, -0.2) is 8.42 Å². The predicted molar refractivity (Wildman–Crippen MR) is 179 cm³/mol. The third-order valence-electron chi connectivity index (χ3n) is 10.2. The summed E-state index contributed by atoms with van der Waals surface area (Å²) in [6.07, 6.45) is 8.16. The molecule has 5 aliphatic rings. The summed E-state index contributed by atoms with van der Waals surface area (Å²) in [5.74, 6) is -2.69. The lowest BCUT2D eigenvalue weighted by Crippen LogP contribution is -2.54. The minimum absolute atomic E-state index is 0.186. The Kier molecular flexibility index (Phi) is 8.39. The molecule has 0 spiro atoms. The van der Waals surface area contributed by atoms with Gasteiger partial charge >= 0.3 is 0 Å². The minimum Gasteiger partial charge on any atom is -0.490 e. The van der Waals surface area contributed by atoms with E-state index in [9.17, 15) is 22.8 Å². The molecular formula is C36H40N4O7S. The summed E-state index contributed by atoms with van der Waals surface area (Å²) in [7, 11) is -2.09. The highest BCUT2D eigenvalue weighted by Gasteiger charge is 2.62. The first-order valence-electron chi connectivity index (χ1n) is 16.6. The highest BCUT2D eigenvalue weighted by Crippen LogP contribution is 2.47. The number of nitrogens with zero attached hydrogens (tertiary/aromatic N) is 2. The molecule has 1 aliphatic heterocycles. The highest BCUT2D eigenvalue weighted by molar-refractivity contribution is 7.91. The van der Waals surface area contributed by atoms with Crippen LogP contribution in [0.2, 0.25) is 0 Å². The van der Waals surface area contributed by atoms with Crippen LogP contribution in [0.15, 0.2) is 72.4 Å². The van der Waals surface area contributed by atoms with Gasteiger partial charge < -0.3 is 19.8 Å². The molecule has 0 saturated heterocycles. The van der Waals surface area contributed by atoms with Crippen LogP contribution in [0, 0.1) is 17.8 Å². The second-order valence-electron chi connectivity index (χ2n) is 13.5. The first-order chi connectivity index (χ1) is 23.1. The van der Waals surface area contributed by atoms with E-state index in [1.807, 2.05) is 54.6 Å². The summed E-state index contributed by atoms with van der Waals surface area (Å²) >= 11 is 0. The second-order valence-corrected chi connectivity index (χ2v) is 15.4. The number of benzene rings is 2. The smallest absolute Gasteiger partial charge is 0.259 e. The van der Waals surface area contributed by atoms with Crippen LogP contribution in [-0.2, 0) is 29.2 Å². The average molecular weight is 673 g/mol. The van der Waals surface area contributed by atoms with Gasteiger partial charge in [-0.05, 0) is 74.3 Å². The Morgan fingerprint density at radius 3 is 2.58 bits per heavy atom. The second kappa shape index (κ2) is 12.5. The zero-order valence-electron chi connectivity index (χ0n) is 26.9. The van der Waals surface area contributed by atoms with Crippen molar-refractivity contribution in [3.63, 3.8) is 0 Å². The molecule has 2 N–H and O–H groups in total. The Bertz CT molecular complexity index is 1830. The Balaban J connectivity index is 1.17. The molecule has 5 atom stereocenters. The maximum absolute atomic E-state index is 14.0. The third-order valence-corrected chi connectivity index (χ3v) is 12.0. The fourth-order valence-corrected chi connectivity index (χ4v) is 8.54. The highest BCUT2D eigenvalue weighted by atomic mass is 32.2. The molecule has 0 aromatic heterocycles. The fourth-order valence-electron chi connectivity index (χ4n) is 7.18. The Labute approximate surface area is 280 Å². The summed E-state index contributed by atoms with van der Waals surface area (Å²) < 4.78 is 33.4. The zero-order chi connectivity index (χ0) is 33.6. The van der Waals surface area contributed by atoms with E-state index in [2.05, 4.69) is 21.8 Å². The van der Waals surface area contributed by atoms with Gasteiger partial charge in [-0.1, -0.05) is 47.6 Å². The lowest BCUT2D eigenvalue weighted by Gasteiger charge is -2.26. The summed E-state index contributed by atoms with van der Waals surface area (Å²) in [4.78, 5) is 49.1. The lowest BCUT2D eigenvalue weighted by atomic mass is 9.93. The number of rotatable bonds is 6. The first-order valence-corrected chi connectivity index (χ1v) is 18.2. The SMILES string of the molecule is C=C[C@@H]1C[C@]1(NC(=O)[C@@H]1C[C@@H]2C[C@H]1C(=O)N(C)CCC/C=C\COc1ccc3c(c1)/C(=N/O2)c1ccccc1-3)C(=O)NS(=O)(=O)C1CC1. The molecule has 3 saturated carbocycles. The quantitative estimate of drug-likeness (QED) is 0.381. The van der Waals surface area contributed by atoms with Gasteiger partial charge in [-0.2, -0.15) is 0 Å². The van der Waals surface area contributed by atoms with E-state index in [1.165, 1.54) is 0 Å². The monoisotopic (exact) mass is 672 g/mol. The lowest BCUT2D eigenvalue weighted by molar-refractivity contribution is -0.140. The van der Waals surface area contributed by atoms with E-state index in [1.54, 1.807) is 18.0 Å². The molecule has 7 rings (SSSR count). The Morgan fingerprint density at radius 2 is 1.83 bits per heavy atom. The molecule has 48 heavy (non-hydrogen) atoms. The van der Waals surface area contributed by atoms with Gasteiger partial charge in [0.25, 0.3) is 5.91 Å². The molecule has 2 aromatic rings. The standard InChI is InChI=1S/C36H40N4O7S/c1-3-22-21-36(22,35(43)39-48(44,45)25-13-14-25)37-33(41)30-19-24-20-31(30)34(42)40(2)16-8-4-5-9-17-46-23-12-15-27-26-10-6-7-11-28(26)32(38-47-24)29(27)18-23/h3,5-7,9-12,15,18,22,24-25,30-31H,1,4,8,13-14,16-17,19-21H2,2H3,(H,37,41)(H,39,43)/b9-5-,38-32+/t22-,24-,30-,31-,36-/m1/s1. The molecule has 3 amide bonds. The van der Waals surface area contributed by atoms with Crippen molar-refractivity contribution in [1.82, 2.24) is 14.9 Å². The van der Waals surface area contributed by atoms with Gasteiger partial charge in [-0.3, -0.25) is 19.1 Å². The van der Waals surface area contributed by atoms with Gasteiger partial charge in [0.1, 0.15) is 29.7 Å². The van der Waals surface area contributed by atoms with Crippen molar-refractivity contribution in [1.29, 1.82) is 0 Å². The molecule has 11 nitrogen and oxygen atoms in total. The molecule has 1 heterocycles. The third kappa shape index (κ3) is 6.02. The van der Waals surface area contributed by atoms with E-state index in [0.29, 0.717) is 37.5 Å². The maximum Gasteiger partial charge on any atom is 0.259 e. The van der Waals surface area contributed by atoms with E-state index >= 15 is 0 Å². The van der Waals surface area contributed by atoms with Crippen LogP contribution in [-0.4, -0.2) is 73.8 Å². The van der Waals surface area contributed by atoms with Crippen LogP contribution < -0.4 is 14.8 Å². The van der Waals surface area contributed by atoms with Crippen molar-refractivity contribution in [2.45, 2.75) is 61.8 Å². The molecule has 252 valence electrons.